The van der Waals surface area contributed by atoms with E-state index in [1.165, 1.54) is 12.1 Å². The molecule has 2 unspecified atom stereocenters. The Morgan fingerprint density at radius 1 is 1.09 bits per heavy atom. The first-order valence-electron chi connectivity index (χ1n) is 11.3. The minimum Gasteiger partial charge on any atom is -0.378 e. The zero-order chi connectivity index (χ0) is 23.6. The number of carbonyl (C=O) groups is 1. The number of ether oxygens (including phenoxy) is 1. The Labute approximate surface area is 190 Å². The zero-order valence-electron chi connectivity index (χ0n) is 18.8. The Morgan fingerprint density at radius 3 is 2.39 bits per heavy atom. The number of rotatable bonds is 4. The maximum atomic E-state index is 13.2. The van der Waals surface area contributed by atoms with Crippen LogP contribution in [0.3, 0.4) is 0 Å². The van der Waals surface area contributed by atoms with Gasteiger partial charge in [-0.1, -0.05) is 31.1 Å². The summed E-state index contributed by atoms with van der Waals surface area (Å²) in [4.78, 5) is 21.3. The molecule has 0 bridgehead atoms. The van der Waals surface area contributed by atoms with Gasteiger partial charge in [-0.05, 0) is 30.0 Å². The van der Waals surface area contributed by atoms with Crippen LogP contribution in [0.2, 0.25) is 0 Å². The third-order valence-electron chi connectivity index (χ3n) is 6.14. The summed E-state index contributed by atoms with van der Waals surface area (Å²) >= 11 is 0. The van der Waals surface area contributed by atoms with Crippen molar-refractivity contribution in [2.45, 2.75) is 44.7 Å². The molecule has 180 valence electrons. The van der Waals surface area contributed by atoms with Crippen molar-refractivity contribution in [1.82, 2.24) is 19.9 Å². The summed E-state index contributed by atoms with van der Waals surface area (Å²) in [6.07, 6.45) is -3.08. The summed E-state index contributed by atoms with van der Waals surface area (Å²) in [5.41, 5.74) is 0.0736. The Morgan fingerprint density at radius 2 is 1.76 bits per heavy atom. The zero-order valence-corrected chi connectivity index (χ0v) is 18.8. The van der Waals surface area contributed by atoms with Gasteiger partial charge >= 0.3 is 12.2 Å². The number of piperidine rings is 1. The molecule has 0 saturated carbocycles. The van der Waals surface area contributed by atoms with Gasteiger partial charge in [0, 0.05) is 38.5 Å². The summed E-state index contributed by atoms with van der Waals surface area (Å²) in [7, 11) is 0. The molecule has 1 aromatic heterocycles. The highest BCUT2D eigenvalue weighted by Gasteiger charge is 2.37. The molecule has 3 heterocycles. The number of halogens is 3. The molecular formula is C23H29F3N4O3. The predicted octanol–water partition coefficient (Wildman–Crippen LogP) is 4.31. The number of amides is 2. The topological polar surface area (TPSA) is 71.7 Å². The molecular weight excluding hydrogens is 437 g/mol. The first kappa shape index (κ1) is 23.5. The van der Waals surface area contributed by atoms with Gasteiger partial charge in [0.2, 0.25) is 5.89 Å². The standard InChI is InChI=1S/C23H29F3N4O3/c1-15(2)11-20-27-21(33-28-20)18-12-17(16-3-5-19(6-4-16)23(24,25)26)13-30(14-18)22(31)29-7-9-32-10-8-29/h3-6,15,17-18H,7-14H2,1-2H3. The van der Waals surface area contributed by atoms with Crippen molar-refractivity contribution in [3.8, 4) is 0 Å². The lowest BCUT2D eigenvalue weighted by Crippen LogP contribution is -2.52. The number of benzene rings is 1. The maximum absolute atomic E-state index is 13.2. The molecule has 0 spiro atoms. The molecule has 10 heteroatoms. The van der Waals surface area contributed by atoms with Crippen molar-refractivity contribution in [3.05, 3.63) is 47.1 Å². The van der Waals surface area contributed by atoms with E-state index in [4.69, 9.17) is 9.26 Å². The quantitative estimate of drug-likeness (QED) is 0.672. The second-order valence-electron chi connectivity index (χ2n) is 9.18. The Bertz CT molecular complexity index is 939. The van der Waals surface area contributed by atoms with E-state index < -0.39 is 11.7 Å². The summed E-state index contributed by atoms with van der Waals surface area (Å²) in [6, 6.07) is 5.11. The van der Waals surface area contributed by atoms with Gasteiger partial charge in [-0.2, -0.15) is 18.2 Å². The molecule has 2 aromatic rings. The molecule has 2 atom stereocenters. The van der Waals surface area contributed by atoms with Crippen molar-refractivity contribution in [2.75, 3.05) is 39.4 Å². The number of likely N-dealkylation sites (tertiary alicyclic amines) is 1. The SMILES string of the molecule is CC(C)Cc1noc(C2CC(c3ccc(C(F)(F)F)cc3)CN(C(=O)N3CCOCC3)C2)n1. The van der Waals surface area contributed by atoms with Crippen LogP contribution in [0.5, 0.6) is 0 Å². The summed E-state index contributed by atoms with van der Waals surface area (Å²) in [5, 5.41) is 4.09. The molecule has 2 aliphatic heterocycles. The Hall–Kier alpha value is -2.62. The summed E-state index contributed by atoms with van der Waals surface area (Å²) in [5.74, 6) is 1.15. The van der Waals surface area contributed by atoms with E-state index >= 15 is 0 Å². The molecule has 0 aliphatic carbocycles. The van der Waals surface area contributed by atoms with Gasteiger partial charge in [-0.15, -0.1) is 0 Å². The van der Waals surface area contributed by atoms with E-state index in [0.29, 0.717) is 69.9 Å². The van der Waals surface area contributed by atoms with E-state index in [1.807, 2.05) is 0 Å². The third kappa shape index (κ3) is 5.66. The summed E-state index contributed by atoms with van der Waals surface area (Å²) in [6.45, 7) is 7.01. The van der Waals surface area contributed by atoms with Crippen LogP contribution >= 0.6 is 0 Å². The average molecular weight is 467 g/mol. The van der Waals surface area contributed by atoms with E-state index in [1.54, 1.807) is 9.80 Å². The van der Waals surface area contributed by atoms with Gasteiger partial charge < -0.3 is 19.1 Å². The minimum atomic E-state index is -4.39. The maximum Gasteiger partial charge on any atom is 0.416 e. The van der Waals surface area contributed by atoms with Crippen LogP contribution < -0.4 is 0 Å². The number of aromatic nitrogens is 2. The number of hydrogen-bond acceptors (Lipinski definition) is 5. The molecule has 2 amide bonds. The van der Waals surface area contributed by atoms with Crippen molar-refractivity contribution in [1.29, 1.82) is 0 Å². The van der Waals surface area contributed by atoms with Crippen LogP contribution in [-0.4, -0.2) is 65.4 Å². The van der Waals surface area contributed by atoms with Gasteiger partial charge in [0.1, 0.15) is 0 Å². The van der Waals surface area contributed by atoms with Crippen LogP contribution in [0.15, 0.2) is 28.8 Å². The highest BCUT2D eigenvalue weighted by atomic mass is 19.4. The Balaban J connectivity index is 1.57. The number of urea groups is 1. The number of alkyl halides is 3. The van der Waals surface area contributed by atoms with Gasteiger partial charge in [0.15, 0.2) is 5.82 Å². The first-order valence-corrected chi connectivity index (χ1v) is 11.3. The van der Waals surface area contributed by atoms with Gasteiger partial charge in [-0.3, -0.25) is 0 Å². The van der Waals surface area contributed by atoms with Crippen molar-refractivity contribution in [3.63, 3.8) is 0 Å². The van der Waals surface area contributed by atoms with Crippen molar-refractivity contribution in [2.24, 2.45) is 5.92 Å². The lowest BCUT2D eigenvalue weighted by Gasteiger charge is -2.40. The second-order valence-corrected chi connectivity index (χ2v) is 9.18. The predicted molar refractivity (Wildman–Crippen MR) is 114 cm³/mol. The Kier molecular flexibility index (Phi) is 6.92. The lowest BCUT2D eigenvalue weighted by atomic mass is 9.84. The van der Waals surface area contributed by atoms with E-state index in [9.17, 15) is 18.0 Å². The number of morpholine rings is 1. The molecule has 0 radical (unpaired) electrons. The summed E-state index contributed by atoms with van der Waals surface area (Å²) < 4.78 is 49.9. The van der Waals surface area contributed by atoms with Gasteiger partial charge in [-0.25, -0.2) is 4.79 Å². The van der Waals surface area contributed by atoms with Gasteiger partial charge in [0.05, 0.1) is 24.7 Å². The van der Waals surface area contributed by atoms with Crippen LogP contribution in [0.4, 0.5) is 18.0 Å². The van der Waals surface area contributed by atoms with Crippen molar-refractivity contribution >= 4 is 6.03 Å². The largest absolute Gasteiger partial charge is 0.416 e. The normalized spacial score (nSPS) is 22.1. The molecule has 0 N–H and O–H groups in total. The number of hydrogen-bond donors (Lipinski definition) is 0. The highest BCUT2D eigenvalue weighted by Crippen LogP contribution is 2.37. The molecule has 2 fully saturated rings. The van der Waals surface area contributed by atoms with E-state index in [2.05, 4.69) is 24.0 Å². The fourth-order valence-corrected chi connectivity index (χ4v) is 4.46. The van der Waals surface area contributed by atoms with Crippen LogP contribution in [0.1, 0.15) is 54.9 Å². The monoisotopic (exact) mass is 466 g/mol. The van der Waals surface area contributed by atoms with E-state index in [-0.39, 0.29) is 17.9 Å². The van der Waals surface area contributed by atoms with Crippen LogP contribution in [0.25, 0.3) is 0 Å². The van der Waals surface area contributed by atoms with Gasteiger partial charge in [0.25, 0.3) is 0 Å². The molecule has 2 aliphatic rings. The smallest absolute Gasteiger partial charge is 0.378 e. The third-order valence-corrected chi connectivity index (χ3v) is 6.14. The highest BCUT2D eigenvalue weighted by molar-refractivity contribution is 5.75. The van der Waals surface area contributed by atoms with Crippen LogP contribution in [-0.2, 0) is 17.3 Å². The van der Waals surface area contributed by atoms with Crippen molar-refractivity contribution < 1.29 is 27.2 Å². The molecule has 7 nitrogen and oxygen atoms in total. The van der Waals surface area contributed by atoms with E-state index in [0.717, 1.165) is 17.7 Å². The minimum absolute atomic E-state index is 0.0955. The molecule has 2 saturated heterocycles. The number of carbonyl (C=O) groups excluding carboxylic acids is 1. The van der Waals surface area contributed by atoms with Crippen LogP contribution in [0, 0.1) is 5.92 Å². The fourth-order valence-electron chi connectivity index (χ4n) is 4.46. The second kappa shape index (κ2) is 9.70. The molecule has 1 aromatic carbocycles. The number of nitrogens with zero attached hydrogens (tertiary/aromatic N) is 4. The fraction of sp³-hybridized carbons (Fsp3) is 0.609. The molecule has 33 heavy (non-hydrogen) atoms. The lowest BCUT2D eigenvalue weighted by molar-refractivity contribution is -0.137. The molecule has 4 rings (SSSR count). The first-order chi connectivity index (χ1) is 15.7. The average Bonchev–Trinajstić information content (AvgIpc) is 3.26.